The van der Waals surface area contributed by atoms with Crippen molar-refractivity contribution in [3.05, 3.63) is 63.0 Å². The standard InChI is InChI=1S/C19H17NO3S2/c1-11-7-13(3)14(8-12(11)2)16(21)9-23-19(22)15-10-25-18(20-15)17-5-4-6-24-17/h4-8,10H,9H2,1-3H3. The Balaban J connectivity index is 1.66. The smallest absolute Gasteiger partial charge is 0.358 e. The number of carbonyl (C=O) groups is 2. The van der Waals surface area contributed by atoms with Crippen LogP contribution in [0.1, 0.15) is 37.5 Å². The van der Waals surface area contributed by atoms with Gasteiger partial charge >= 0.3 is 5.97 Å². The molecule has 0 fully saturated rings. The lowest BCUT2D eigenvalue weighted by Gasteiger charge is -2.09. The SMILES string of the molecule is Cc1cc(C)c(C(=O)COC(=O)c2csc(-c3cccs3)n2)cc1C. The second-order valence-electron chi connectivity index (χ2n) is 5.77. The van der Waals surface area contributed by atoms with Crippen molar-refractivity contribution in [1.29, 1.82) is 0 Å². The van der Waals surface area contributed by atoms with Gasteiger partial charge in [0.05, 0.1) is 4.88 Å². The van der Waals surface area contributed by atoms with Gasteiger partial charge in [-0.3, -0.25) is 4.79 Å². The van der Waals surface area contributed by atoms with Crippen LogP contribution in [0, 0.1) is 20.8 Å². The topological polar surface area (TPSA) is 56.3 Å². The minimum absolute atomic E-state index is 0.206. The summed E-state index contributed by atoms with van der Waals surface area (Å²) in [7, 11) is 0. The zero-order valence-electron chi connectivity index (χ0n) is 14.2. The molecule has 0 N–H and O–H groups in total. The van der Waals surface area contributed by atoms with E-state index in [1.54, 1.807) is 16.7 Å². The largest absolute Gasteiger partial charge is 0.453 e. The summed E-state index contributed by atoms with van der Waals surface area (Å²) in [5, 5.41) is 4.39. The Kier molecular flexibility index (Phi) is 5.11. The summed E-state index contributed by atoms with van der Waals surface area (Å²) in [4.78, 5) is 29.8. The summed E-state index contributed by atoms with van der Waals surface area (Å²) in [5.41, 5.74) is 3.89. The number of esters is 1. The minimum Gasteiger partial charge on any atom is -0.453 e. The van der Waals surface area contributed by atoms with E-state index >= 15 is 0 Å². The fourth-order valence-corrected chi connectivity index (χ4v) is 4.03. The molecule has 2 heterocycles. The summed E-state index contributed by atoms with van der Waals surface area (Å²) in [5.74, 6) is -0.781. The molecule has 0 unspecified atom stereocenters. The number of hydrogen-bond acceptors (Lipinski definition) is 6. The number of aromatic nitrogens is 1. The van der Waals surface area contributed by atoms with Crippen LogP contribution in [-0.4, -0.2) is 23.3 Å². The number of aryl methyl sites for hydroxylation is 3. The normalized spacial score (nSPS) is 10.7. The van der Waals surface area contributed by atoms with Gasteiger partial charge in [0.15, 0.2) is 12.3 Å². The third kappa shape index (κ3) is 3.86. The van der Waals surface area contributed by atoms with Gasteiger partial charge < -0.3 is 4.74 Å². The van der Waals surface area contributed by atoms with E-state index in [0.717, 1.165) is 26.6 Å². The molecule has 0 aliphatic rings. The summed E-state index contributed by atoms with van der Waals surface area (Å²) >= 11 is 2.95. The van der Waals surface area contributed by atoms with Crippen molar-refractivity contribution in [1.82, 2.24) is 4.98 Å². The first kappa shape index (κ1) is 17.5. The fourth-order valence-electron chi connectivity index (χ4n) is 2.42. The molecular formula is C19H17NO3S2. The Morgan fingerprint density at radius 2 is 1.84 bits per heavy atom. The van der Waals surface area contributed by atoms with Crippen LogP contribution in [0.15, 0.2) is 35.0 Å². The highest BCUT2D eigenvalue weighted by Crippen LogP contribution is 2.28. The van der Waals surface area contributed by atoms with Crippen molar-refractivity contribution in [3.8, 4) is 9.88 Å². The van der Waals surface area contributed by atoms with Gasteiger partial charge in [-0.15, -0.1) is 22.7 Å². The minimum atomic E-state index is -0.575. The third-order valence-corrected chi connectivity index (χ3v) is 5.80. The van der Waals surface area contributed by atoms with Gasteiger partial charge in [-0.1, -0.05) is 12.1 Å². The third-order valence-electron chi connectivity index (χ3n) is 3.92. The molecule has 0 saturated carbocycles. The first-order chi connectivity index (χ1) is 12.0. The van der Waals surface area contributed by atoms with Crippen molar-refractivity contribution in [2.75, 3.05) is 6.61 Å². The van der Waals surface area contributed by atoms with Crippen LogP contribution in [0.5, 0.6) is 0 Å². The number of rotatable bonds is 5. The molecule has 4 nitrogen and oxygen atoms in total. The van der Waals surface area contributed by atoms with E-state index in [2.05, 4.69) is 4.98 Å². The lowest BCUT2D eigenvalue weighted by molar-refractivity contribution is 0.0469. The van der Waals surface area contributed by atoms with E-state index in [4.69, 9.17) is 4.74 Å². The van der Waals surface area contributed by atoms with E-state index in [0.29, 0.717) is 5.56 Å². The summed E-state index contributed by atoms with van der Waals surface area (Å²) in [6.45, 7) is 5.56. The first-order valence-electron chi connectivity index (χ1n) is 7.73. The fraction of sp³-hybridized carbons (Fsp3) is 0.211. The zero-order valence-corrected chi connectivity index (χ0v) is 15.8. The van der Waals surface area contributed by atoms with Gasteiger partial charge in [-0.05, 0) is 55.0 Å². The number of ketones is 1. The molecule has 0 radical (unpaired) electrons. The number of ether oxygens (including phenoxy) is 1. The van der Waals surface area contributed by atoms with Crippen LogP contribution in [0.4, 0.5) is 0 Å². The molecule has 6 heteroatoms. The molecule has 3 aromatic rings. The number of Topliss-reactive ketones (excluding diaryl/α,β-unsaturated/α-hetero) is 1. The van der Waals surface area contributed by atoms with E-state index in [1.807, 2.05) is 50.4 Å². The summed E-state index contributed by atoms with van der Waals surface area (Å²) in [6.07, 6.45) is 0. The number of nitrogens with zero attached hydrogens (tertiary/aromatic N) is 1. The highest BCUT2D eigenvalue weighted by molar-refractivity contribution is 7.20. The lowest BCUT2D eigenvalue weighted by Crippen LogP contribution is -2.15. The van der Waals surface area contributed by atoms with Crippen LogP contribution in [0.2, 0.25) is 0 Å². The van der Waals surface area contributed by atoms with Crippen molar-refractivity contribution >= 4 is 34.4 Å². The highest BCUT2D eigenvalue weighted by atomic mass is 32.1. The van der Waals surface area contributed by atoms with Gasteiger partial charge in [0.1, 0.15) is 5.01 Å². The number of thiazole rings is 1. The Morgan fingerprint density at radius 1 is 1.08 bits per heavy atom. The predicted molar refractivity (Wildman–Crippen MR) is 101 cm³/mol. The summed E-state index contributed by atoms with van der Waals surface area (Å²) < 4.78 is 5.16. The van der Waals surface area contributed by atoms with Gasteiger partial charge in [0.2, 0.25) is 5.78 Å². The van der Waals surface area contributed by atoms with Gasteiger partial charge in [-0.2, -0.15) is 0 Å². The van der Waals surface area contributed by atoms with Gasteiger partial charge in [-0.25, -0.2) is 9.78 Å². The molecule has 0 spiro atoms. The van der Waals surface area contributed by atoms with Gasteiger partial charge in [0.25, 0.3) is 0 Å². The number of benzene rings is 1. The second kappa shape index (κ2) is 7.29. The maximum Gasteiger partial charge on any atom is 0.358 e. The molecular weight excluding hydrogens is 354 g/mol. The quantitative estimate of drug-likeness (QED) is 0.476. The van der Waals surface area contributed by atoms with Crippen molar-refractivity contribution < 1.29 is 14.3 Å². The van der Waals surface area contributed by atoms with Crippen molar-refractivity contribution in [2.45, 2.75) is 20.8 Å². The maximum atomic E-state index is 12.4. The lowest BCUT2D eigenvalue weighted by atomic mass is 9.98. The molecule has 0 atom stereocenters. The maximum absolute atomic E-state index is 12.4. The summed E-state index contributed by atoms with van der Waals surface area (Å²) in [6, 6.07) is 7.70. The molecule has 0 aliphatic heterocycles. The van der Waals surface area contributed by atoms with Crippen LogP contribution in [-0.2, 0) is 4.74 Å². The van der Waals surface area contributed by atoms with Crippen LogP contribution >= 0.6 is 22.7 Å². The number of hydrogen-bond donors (Lipinski definition) is 0. The molecule has 0 amide bonds. The zero-order chi connectivity index (χ0) is 18.0. The Bertz CT molecular complexity index is 926. The van der Waals surface area contributed by atoms with E-state index in [-0.39, 0.29) is 18.1 Å². The molecule has 128 valence electrons. The molecule has 2 aromatic heterocycles. The molecule has 0 saturated heterocycles. The predicted octanol–water partition coefficient (Wildman–Crippen LogP) is 4.84. The molecule has 3 rings (SSSR count). The molecule has 0 bridgehead atoms. The molecule has 25 heavy (non-hydrogen) atoms. The molecule has 1 aromatic carbocycles. The first-order valence-corrected chi connectivity index (χ1v) is 9.49. The second-order valence-corrected chi connectivity index (χ2v) is 7.57. The van der Waals surface area contributed by atoms with Crippen molar-refractivity contribution in [2.24, 2.45) is 0 Å². The average molecular weight is 371 g/mol. The molecule has 0 aliphatic carbocycles. The Labute approximate surface area is 154 Å². The number of carbonyl (C=O) groups excluding carboxylic acids is 2. The van der Waals surface area contributed by atoms with Crippen LogP contribution in [0.3, 0.4) is 0 Å². The van der Waals surface area contributed by atoms with E-state index < -0.39 is 5.97 Å². The average Bonchev–Trinajstić information content (AvgIpc) is 3.26. The number of thiophene rings is 1. The highest BCUT2D eigenvalue weighted by Gasteiger charge is 2.17. The monoisotopic (exact) mass is 371 g/mol. The van der Waals surface area contributed by atoms with Crippen molar-refractivity contribution in [3.63, 3.8) is 0 Å². The van der Waals surface area contributed by atoms with E-state index in [9.17, 15) is 9.59 Å². The Hall–Kier alpha value is -2.31. The Morgan fingerprint density at radius 3 is 2.56 bits per heavy atom. The van der Waals surface area contributed by atoms with Gasteiger partial charge in [0, 0.05) is 10.9 Å². The van der Waals surface area contributed by atoms with Crippen LogP contribution < -0.4 is 0 Å². The van der Waals surface area contributed by atoms with Crippen LogP contribution in [0.25, 0.3) is 9.88 Å². The van der Waals surface area contributed by atoms with E-state index in [1.165, 1.54) is 11.3 Å².